The van der Waals surface area contributed by atoms with Gasteiger partial charge in [0.15, 0.2) is 0 Å². The van der Waals surface area contributed by atoms with Crippen LogP contribution in [0.15, 0.2) is 24.3 Å². The van der Waals surface area contributed by atoms with Crippen molar-refractivity contribution in [3.05, 3.63) is 29.8 Å². The maximum absolute atomic E-state index is 11.7. The zero-order chi connectivity index (χ0) is 19.6. The summed E-state index contributed by atoms with van der Waals surface area (Å²) in [7, 11) is 3.25. The van der Waals surface area contributed by atoms with E-state index in [1.807, 2.05) is 12.1 Å². The second kappa shape index (κ2) is 10.8. The van der Waals surface area contributed by atoms with Gasteiger partial charge in [-0.25, -0.2) is 4.79 Å². The van der Waals surface area contributed by atoms with Gasteiger partial charge in [0.05, 0.1) is 7.11 Å². The summed E-state index contributed by atoms with van der Waals surface area (Å²) < 4.78 is 5.18. The number of amides is 2. The Morgan fingerprint density at radius 1 is 1.26 bits per heavy atom. The van der Waals surface area contributed by atoms with Crippen LogP contribution in [0.1, 0.15) is 31.2 Å². The monoisotopic (exact) mass is 377 g/mol. The number of rotatable bonds is 9. The van der Waals surface area contributed by atoms with Crippen LogP contribution in [-0.2, 0) is 11.2 Å². The number of carboxylic acid groups (broad SMARTS) is 1. The maximum Gasteiger partial charge on any atom is 0.404 e. The predicted molar refractivity (Wildman–Crippen MR) is 104 cm³/mol. The highest BCUT2D eigenvalue weighted by molar-refractivity contribution is 5.77. The highest BCUT2D eigenvalue weighted by Gasteiger charge is 2.29. The topological polar surface area (TPSA) is 90.9 Å². The van der Waals surface area contributed by atoms with Crippen molar-refractivity contribution in [3.63, 3.8) is 0 Å². The van der Waals surface area contributed by atoms with E-state index in [-0.39, 0.29) is 24.3 Å². The van der Waals surface area contributed by atoms with Crippen molar-refractivity contribution < 1.29 is 19.4 Å². The zero-order valence-corrected chi connectivity index (χ0v) is 16.2. The minimum Gasteiger partial charge on any atom is -0.497 e. The molecule has 0 aliphatic carbocycles. The number of nitrogens with one attached hydrogen (secondary N) is 2. The molecule has 2 amide bonds. The number of ether oxygens (including phenoxy) is 1. The van der Waals surface area contributed by atoms with E-state index < -0.39 is 6.09 Å². The number of benzene rings is 1. The SMILES string of the molecule is CNC(=O)CC(NC(=O)O)C1CCN(CCCc2ccc(OC)cc2)CC1. The third-order valence-corrected chi connectivity index (χ3v) is 5.29. The number of carbonyl (C=O) groups excluding carboxylic acids is 1. The Morgan fingerprint density at radius 3 is 2.48 bits per heavy atom. The minimum atomic E-state index is -1.06. The molecular weight excluding hydrogens is 346 g/mol. The molecule has 1 aromatic carbocycles. The molecular formula is C20H31N3O4. The maximum atomic E-state index is 11.7. The lowest BCUT2D eigenvalue weighted by atomic mass is 9.87. The number of piperidine rings is 1. The van der Waals surface area contributed by atoms with Crippen LogP contribution in [-0.4, -0.2) is 61.8 Å². The molecule has 1 heterocycles. The second-order valence-corrected chi connectivity index (χ2v) is 7.06. The van der Waals surface area contributed by atoms with Gasteiger partial charge in [-0.05, 0) is 68.9 Å². The van der Waals surface area contributed by atoms with E-state index in [2.05, 4.69) is 27.7 Å². The van der Waals surface area contributed by atoms with Gasteiger partial charge in [-0.1, -0.05) is 12.1 Å². The predicted octanol–water partition coefficient (Wildman–Crippen LogP) is 2.11. The first-order valence-electron chi connectivity index (χ1n) is 9.57. The summed E-state index contributed by atoms with van der Waals surface area (Å²) in [5.41, 5.74) is 1.31. The fourth-order valence-electron chi connectivity index (χ4n) is 3.67. The van der Waals surface area contributed by atoms with E-state index in [4.69, 9.17) is 9.84 Å². The van der Waals surface area contributed by atoms with Crippen LogP contribution in [0.25, 0.3) is 0 Å². The van der Waals surface area contributed by atoms with Gasteiger partial charge in [-0.2, -0.15) is 0 Å². The molecule has 0 radical (unpaired) electrons. The molecule has 1 aliphatic heterocycles. The number of aryl methyl sites for hydroxylation is 1. The Labute approximate surface area is 161 Å². The molecule has 1 saturated heterocycles. The van der Waals surface area contributed by atoms with Crippen molar-refractivity contribution in [2.24, 2.45) is 5.92 Å². The summed E-state index contributed by atoms with van der Waals surface area (Å²) >= 11 is 0. The molecule has 1 aromatic rings. The average molecular weight is 377 g/mol. The summed E-state index contributed by atoms with van der Waals surface area (Å²) in [5, 5.41) is 14.2. The number of likely N-dealkylation sites (tertiary alicyclic amines) is 1. The van der Waals surface area contributed by atoms with Crippen molar-refractivity contribution in [1.29, 1.82) is 0 Å². The summed E-state index contributed by atoms with van der Waals surface area (Å²) in [4.78, 5) is 25.1. The van der Waals surface area contributed by atoms with Crippen molar-refractivity contribution >= 4 is 12.0 Å². The van der Waals surface area contributed by atoms with Gasteiger partial charge >= 0.3 is 6.09 Å². The highest BCUT2D eigenvalue weighted by atomic mass is 16.5. The molecule has 0 bridgehead atoms. The van der Waals surface area contributed by atoms with E-state index in [9.17, 15) is 9.59 Å². The second-order valence-electron chi connectivity index (χ2n) is 7.06. The van der Waals surface area contributed by atoms with Crippen LogP contribution in [0.2, 0.25) is 0 Å². The van der Waals surface area contributed by atoms with Crippen molar-refractivity contribution in [2.45, 2.75) is 38.1 Å². The number of hydrogen-bond acceptors (Lipinski definition) is 4. The number of hydrogen-bond donors (Lipinski definition) is 3. The molecule has 1 unspecified atom stereocenters. The van der Waals surface area contributed by atoms with Crippen LogP contribution in [0.5, 0.6) is 5.75 Å². The fraction of sp³-hybridized carbons (Fsp3) is 0.600. The average Bonchev–Trinajstić information content (AvgIpc) is 2.68. The van der Waals surface area contributed by atoms with Crippen LogP contribution >= 0.6 is 0 Å². The first-order valence-corrected chi connectivity index (χ1v) is 9.57. The summed E-state index contributed by atoms with van der Waals surface area (Å²) in [6.07, 6.45) is 3.07. The van der Waals surface area contributed by atoms with E-state index in [0.717, 1.165) is 51.1 Å². The van der Waals surface area contributed by atoms with Gasteiger partial charge in [0.2, 0.25) is 5.91 Å². The van der Waals surface area contributed by atoms with Crippen LogP contribution in [0, 0.1) is 5.92 Å². The smallest absolute Gasteiger partial charge is 0.404 e. The third kappa shape index (κ3) is 7.09. The Kier molecular flexibility index (Phi) is 8.39. The van der Waals surface area contributed by atoms with E-state index in [0.29, 0.717) is 0 Å². The van der Waals surface area contributed by atoms with E-state index in [1.54, 1.807) is 14.2 Å². The van der Waals surface area contributed by atoms with Gasteiger partial charge in [0.25, 0.3) is 0 Å². The van der Waals surface area contributed by atoms with Gasteiger partial charge in [-0.3, -0.25) is 4.79 Å². The molecule has 0 saturated carbocycles. The normalized spacial score (nSPS) is 16.5. The molecule has 1 fully saturated rings. The molecule has 7 heteroatoms. The molecule has 3 N–H and O–H groups in total. The molecule has 150 valence electrons. The lowest BCUT2D eigenvalue weighted by molar-refractivity contribution is -0.121. The summed E-state index contributed by atoms with van der Waals surface area (Å²) in [6, 6.07) is 7.87. The quantitative estimate of drug-likeness (QED) is 0.613. The van der Waals surface area contributed by atoms with Gasteiger partial charge in [-0.15, -0.1) is 0 Å². The lowest BCUT2D eigenvalue weighted by Gasteiger charge is -2.35. The zero-order valence-electron chi connectivity index (χ0n) is 16.2. The van der Waals surface area contributed by atoms with Gasteiger partial charge < -0.3 is 25.4 Å². The Hall–Kier alpha value is -2.28. The first-order chi connectivity index (χ1) is 13.0. The van der Waals surface area contributed by atoms with Crippen molar-refractivity contribution in [1.82, 2.24) is 15.5 Å². The number of methoxy groups -OCH3 is 1. The van der Waals surface area contributed by atoms with E-state index >= 15 is 0 Å². The molecule has 2 rings (SSSR count). The molecule has 0 spiro atoms. The van der Waals surface area contributed by atoms with Crippen LogP contribution in [0.4, 0.5) is 4.79 Å². The molecule has 27 heavy (non-hydrogen) atoms. The fourth-order valence-corrected chi connectivity index (χ4v) is 3.67. The summed E-state index contributed by atoms with van der Waals surface area (Å²) in [5.74, 6) is 0.953. The van der Waals surface area contributed by atoms with Gasteiger partial charge in [0, 0.05) is 19.5 Å². The number of nitrogens with zero attached hydrogens (tertiary/aromatic N) is 1. The lowest BCUT2D eigenvalue weighted by Crippen LogP contribution is -2.47. The molecule has 7 nitrogen and oxygen atoms in total. The highest BCUT2D eigenvalue weighted by Crippen LogP contribution is 2.23. The third-order valence-electron chi connectivity index (χ3n) is 5.29. The van der Waals surface area contributed by atoms with Crippen molar-refractivity contribution in [3.8, 4) is 5.75 Å². The Morgan fingerprint density at radius 2 is 1.93 bits per heavy atom. The minimum absolute atomic E-state index is 0.129. The molecule has 1 atom stereocenters. The Balaban J connectivity index is 1.74. The van der Waals surface area contributed by atoms with Crippen molar-refractivity contribution in [2.75, 3.05) is 33.8 Å². The Bertz CT molecular complexity index is 598. The largest absolute Gasteiger partial charge is 0.497 e. The first kappa shape index (κ1) is 21.0. The van der Waals surface area contributed by atoms with Crippen LogP contribution < -0.4 is 15.4 Å². The standard InChI is InChI=1S/C20H31N3O4/c1-21-19(24)14-18(22-20(25)26)16-9-12-23(13-10-16)11-3-4-15-5-7-17(27-2)8-6-15/h5-8,16,18,22H,3-4,9-14H2,1-2H3,(H,21,24)(H,25,26). The molecule has 1 aliphatic rings. The van der Waals surface area contributed by atoms with E-state index in [1.165, 1.54) is 5.56 Å². The van der Waals surface area contributed by atoms with Crippen LogP contribution in [0.3, 0.4) is 0 Å². The van der Waals surface area contributed by atoms with Gasteiger partial charge in [0.1, 0.15) is 5.75 Å². The summed E-state index contributed by atoms with van der Waals surface area (Å²) in [6.45, 7) is 2.92. The number of carbonyl (C=O) groups is 2. The molecule has 0 aromatic heterocycles.